The van der Waals surface area contributed by atoms with Crippen molar-refractivity contribution < 1.29 is 9.90 Å². The van der Waals surface area contributed by atoms with Crippen LogP contribution >= 0.6 is 11.3 Å². The molecule has 0 bridgehead atoms. The molecular weight excluding hydrogens is 302 g/mol. The summed E-state index contributed by atoms with van der Waals surface area (Å²) >= 11 is 1.64. The average Bonchev–Trinajstić information content (AvgIpc) is 3.08. The van der Waals surface area contributed by atoms with Crippen LogP contribution in [0.4, 0.5) is 0 Å². The van der Waals surface area contributed by atoms with Crippen LogP contribution in [0.15, 0.2) is 12.3 Å². The zero-order valence-electron chi connectivity index (χ0n) is 12.5. The van der Waals surface area contributed by atoms with Crippen molar-refractivity contribution in [2.75, 3.05) is 13.1 Å². The van der Waals surface area contributed by atoms with E-state index in [1.165, 1.54) is 4.68 Å². The summed E-state index contributed by atoms with van der Waals surface area (Å²) in [6.07, 6.45) is 3.96. The Morgan fingerprint density at radius 1 is 1.50 bits per heavy atom. The molecule has 0 amide bonds. The van der Waals surface area contributed by atoms with Crippen LogP contribution < -0.4 is 0 Å². The largest absolute Gasteiger partial charge is 0.480 e. The number of hydrogen-bond donors (Lipinski definition) is 1. The van der Waals surface area contributed by atoms with Gasteiger partial charge < -0.3 is 5.11 Å². The maximum Gasteiger partial charge on any atom is 0.325 e. The summed E-state index contributed by atoms with van der Waals surface area (Å²) in [5.74, 6) is -0.510. The van der Waals surface area contributed by atoms with Gasteiger partial charge >= 0.3 is 5.97 Å². The maximum atomic E-state index is 10.7. The van der Waals surface area contributed by atoms with Gasteiger partial charge in [0.2, 0.25) is 0 Å². The number of aromatic nitrogens is 4. The number of nitrogens with zero attached hydrogens (tertiary/aromatic N) is 5. The second-order valence-electron chi connectivity index (χ2n) is 5.62. The molecular formula is C14H19N5O2S. The third-order valence-electron chi connectivity index (χ3n) is 3.81. The van der Waals surface area contributed by atoms with Crippen molar-refractivity contribution in [3.05, 3.63) is 28.0 Å². The Morgan fingerprint density at radius 2 is 2.36 bits per heavy atom. The minimum atomic E-state index is -0.869. The summed E-state index contributed by atoms with van der Waals surface area (Å²) in [6.45, 7) is 4.71. The van der Waals surface area contributed by atoms with E-state index in [1.54, 1.807) is 17.5 Å². The highest BCUT2D eigenvalue weighted by atomic mass is 32.1. The molecule has 1 N–H and O–H groups in total. The van der Waals surface area contributed by atoms with Gasteiger partial charge in [-0.15, -0.1) is 21.5 Å². The molecule has 1 aliphatic rings. The van der Waals surface area contributed by atoms with Gasteiger partial charge in [0.25, 0.3) is 0 Å². The number of rotatable bonds is 5. The molecule has 2 aromatic rings. The number of hydrogen-bond acceptors (Lipinski definition) is 6. The minimum Gasteiger partial charge on any atom is -0.480 e. The molecule has 1 saturated heterocycles. The molecule has 1 aliphatic heterocycles. The van der Waals surface area contributed by atoms with Gasteiger partial charge in [-0.2, -0.15) is 5.10 Å². The predicted octanol–water partition coefficient (Wildman–Crippen LogP) is 1.51. The lowest BCUT2D eigenvalue weighted by atomic mass is 9.95. The van der Waals surface area contributed by atoms with E-state index in [0.717, 1.165) is 48.2 Å². The first kappa shape index (κ1) is 15.1. The fraction of sp³-hybridized carbons (Fsp3) is 0.571. The van der Waals surface area contributed by atoms with E-state index in [0.29, 0.717) is 5.92 Å². The molecule has 0 aliphatic carbocycles. The molecule has 1 fully saturated rings. The summed E-state index contributed by atoms with van der Waals surface area (Å²) in [6, 6.07) is 1.94. The first-order chi connectivity index (χ1) is 10.6. The predicted molar refractivity (Wildman–Crippen MR) is 81.8 cm³/mol. The molecule has 1 atom stereocenters. The molecule has 2 aromatic heterocycles. The van der Waals surface area contributed by atoms with Crippen LogP contribution in [0.1, 0.15) is 34.5 Å². The number of piperidine rings is 1. The van der Waals surface area contributed by atoms with Crippen molar-refractivity contribution in [3.8, 4) is 0 Å². The number of carbonyl (C=O) groups is 1. The highest BCUT2D eigenvalue weighted by Crippen LogP contribution is 2.27. The van der Waals surface area contributed by atoms with E-state index in [1.807, 2.05) is 13.0 Å². The van der Waals surface area contributed by atoms with Crippen molar-refractivity contribution >= 4 is 17.3 Å². The van der Waals surface area contributed by atoms with E-state index in [9.17, 15) is 4.79 Å². The fourth-order valence-electron chi connectivity index (χ4n) is 2.86. The van der Waals surface area contributed by atoms with Crippen LogP contribution in [0.25, 0.3) is 0 Å². The summed E-state index contributed by atoms with van der Waals surface area (Å²) in [5.41, 5.74) is 0.986. The number of likely N-dealkylation sites (tertiary alicyclic amines) is 1. The molecule has 8 heteroatoms. The van der Waals surface area contributed by atoms with Crippen LogP contribution in [0.3, 0.4) is 0 Å². The molecule has 3 heterocycles. The molecule has 0 spiro atoms. The number of carboxylic acid groups (broad SMARTS) is 1. The zero-order valence-corrected chi connectivity index (χ0v) is 13.3. The topological polar surface area (TPSA) is 84.1 Å². The molecule has 0 aromatic carbocycles. The Hall–Kier alpha value is -1.80. The Morgan fingerprint density at radius 3 is 3.09 bits per heavy atom. The van der Waals surface area contributed by atoms with Gasteiger partial charge in [0.15, 0.2) is 0 Å². The number of aliphatic carboxylic acids is 1. The van der Waals surface area contributed by atoms with Gasteiger partial charge in [-0.3, -0.25) is 14.4 Å². The highest BCUT2D eigenvalue weighted by molar-refractivity contribution is 7.11. The van der Waals surface area contributed by atoms with Gasteiger partial charge in [0, 0.05) is 18.7 Å². The molecule has 0 radical (unpaired) electrons. The lowest BCUT2D eigenvalue weighted by Gasteiger charge is -2.31. The van der Waals surface area contributed by atoms with Gasteiger partial charge in [-0.25, -0.2) is 0 Å². The van der Waals surface area contributed by atoms with E-state index < -0.39 is 5.97 Å². The molecule has 0 unspecified atom stereocenters. The van der Waals surface area contributed by atoms with E-state index >= 15 is 0 Å². The zero-order chi connectivity index (χ0) is 15.5. The van der Waals surface area contributed by atoms with Crippen LogP contribution in [0.2, 0.25) is 0 Å². The first-order valence-electron chi connectivity index (χ1n) is 7.36. The van der Waals surface area contributed by atoms with E-state index in [2.05, 4.69) is 20.2 Å². The molecule has 0 saturated carbocycles. The van der Waals surface area contributed by atoms with E-state index in [-0.39, 0.29) is 6.54 Å². The van der Waals surface area contributed by atoms with Crippen LogP contribution in [-0.4, -0.2) is 49.0 Å². The Kier molecular flexibility index (Phi) is 4.49. The third kappa shape index (κ3) is 3.69. The molecule has 22 heavy (non-hydrogen) atoms. The lowest BCUT2D eigenvalue weighted by Crippen LogP contribution is -2.34. The second kappa shape index (κ2) is 6.53. The van der Waals surface area contributed by atoms with Gasteiger partial charge in [0.05, 0.1) is 12.2 Å². The molecule has 3 rings (SSSR count). The normalized spacial score (nSPS) is 19.4. The van der Waals surface area contributed by atoms with Crippen LogP contribution in [0.5, 0.6) is 0 Å². The Labute approximate surface area is 132 Å². The average molecular weight is 321 g/mol. The standard InChI is InChI=1S/C14H19N5O2S/c1-10-15-16-13(22-10)8-18-5-2-3-11(7-18)12-4-6-19(17-12)9-14(20)21/h4,6,11H,2-3,5,7-9H2,1H3,(H,20,21)/t11-/m1/s1. The Bertz CT molecular complexity index is 653. The minimum absolute atomic E-state index is 0.0828. The molecule has 118 valence electrons. The fourth-order valence-corrected chi connectivity index (χ4v) is 3.61. The summed E-state index contributed by atoms with van der Waals surface area (Å²) < 4.78 is 1.49. The Balaban J connectivity index is 1.62. The highest BCUT2D eigenvalue weighted by Gasteiger charge is 2.24. The van der Waals surface area contributed by atoms with Gasteiger partial charge in [-0.1, -0.05) is 0 Å². The number of aryl methyl sites for hydroxylation is 1. The van der Waals surface area contributed by atoms with Crippen LogP contribution in [-0.2, 0) is 17.9 Å². The summed E-state index contributed by atoms with van der Waals surface area (Å²) in [4.78, 5) is 13.1. The SMILES string of the molecule is Cc1nnc(CN2CCC[C@@H](c3ccn(CC(=O)O)n3)C2)s1. The number of carboxylic acids is 1. The molecule has 7 nitrogen and oxygen atoms in total. The van der Waals surface area contributed by atoms with Crippen molar-refractivity contribution in [2.24, 2.45) is 0 Å². The lowest BCUT2D eigenvalue weighted by molar-refractivity contribution is -0.137. The summed E-state index contributed by atoms with van der Waals surface area (Å²) in [7, 11) is 0. The summed E-state index contributed by atoms with van der Waals surface area (Å²) in [5, 5.41) is 23.5. The van der Waals surface area contributed by atoms with Crippen LogP contribution in [0, 0.1) is 6.92 Å². The quantitative estimate of drug-likeness (QED) is 0.898. The second-order valence-corrected chi connectivity index (χ2v) is 6.89. The van der Waals surface area contributed by atoms with Crippen molar-refractivity contribution in [1.29, 1.82) is 0 Å². The van der Waals surface area contributed by atoms with Gasteiger partial charge in [0.1, 0.15) is 16.6 Å². The first-order valence-corrected chi connectivity index (χ1v) is 8.18. The van der Waals surface area contributed by atoms with Crippen molar-refractivity contribution in [3.63, 3.8) is 0 Å². The van der Waals surface area contributed by atoms with Crippen molar-refractivity contribution in [2.45, 2.75) is 38.8 Å². The monoisotopic (exact) mass is 321 g/mol. The van der Waals surface area contributed by atoms with E-state index in [4.69, 9.17) is 5.11 Å². The maximum absolute atomic E-state index is 10.7. The third-order valence-corrected chi connectivity index (χ3v) is 4.63. The van der Waals surface area contributed by atoms with Gasteiger partial charge in [-0.05, 0) is 32.4 Å². The van der Waals surface area contributed by atoms with Crippen molar-refractivity contribution in [1.82, 2.24) is 24.9 Å². The smallest absolute Gasteiger partial charge is 0.325 e.